The van der Waals surface area contributed by atoms with Crippen molar-refractivity contribution in [3.63, 3.8) is 0 Å². The van der Waals surface area contributed by atoms with E-state index in [2.05, 4.69) is 32.7 Å². The van der Waals surface area contributed by atoms with Gasteiger partial charge >= 0.3 is 0 Å². The van der Waals surface area contributed by atoms with Crippen LogP contribution in [0.2, 0.25) is 0 Å². The molecule has 2 fully saturated rings. The molecule has 1 atom stereocenters. The van der Waals surface area contributed by atoms with Crippen LogP contribution in [-0.4, -0.2) is 57.3 Å². The Bertz CT molecular complexity index is 618. The number of hydrogen-bond donors (Lipinski definition) is 2. The summed E-state index contributed by atoms with van der Waals surface area (Å²) in [5.74, 6) is 2.76. The number of likely N-dealkylation sites (tertiary alicyclic amines) is 1. The van der Waals surface area contributed by atoms with Gasteiger partial charge in [-0.2, -0.15) is 0 Å². The number of guanidine groups is 1. The van der Waals surface area contributed by atoms with E-state index in [-0.39, 0.29) is 0 Å². The lowest BCUT2D eigenvalue weighted by molar-refractivity contribution is 0.159. The largest absolute Gasteiger partial charge is 0.356 e. The molecule has 1 aliphatic heterocycles. The maximum Gasteiger partial charge on any atom is 0.191 e. The van der Waals surface area contributed by atoms with E-state index in [1.54, 1.807) is 0 Å². The summed E-state index contributed by atoms with van der Waals surface area (Å²) < 4.78 is 2.01. The molecule has 1 saturated heterocycles. The molecule has 0 spiro atoms. The number of aliphatic imine (C=N–C) groups is 1. The van der Waals surface area contributed by atoms with Crippen molar-refractivity contribution in [3.8, 4) is 0 Å². The van der Waals surface area contributed by atoms with E-state index >= 15 is 0 Å². The van der Waals surface area contributed by atoms with E-state index in [1.807, 2.05) is 18.5 Å². The van der Waals surface area contributed by atoms with Crippen LogP contribution in [0.3, 0.4) is 0 Å². The highest BCUT2D eigenvalue weighted by Gasteiger charge is 2.18. The summed E-state index contributed by atoms with van der Waals surface area (Å²) in [6.45, 7) is 8.29. The SMILES string of the molecule is Cc1nnc(CN=C(NCCCN2CCCCC2C)NC2CCCCC2)n1C. The molecule has 1 aromatic rings. The first-order valence-electron chi connectivity index (χ1n) is 11.3. The van der Waals surface area contributed by atoms with Crippen LogP contribution in [0.15, 0.2) is 4.99 Å². The van der Waals surface area contributed by atoms with Crippen LogP contribution in [0.4, 0.5) is 0 Å². The molecule has 1 saturated carbocycles. The van der Waals surface area contributed by atoms with Crippen molar-refractivity contribution in [1.29, 1.82) is 0 Å². The molecule has 1 aromatic heterocycles. The van der Waals surface area contributed by atoms with Gasteiger partial charge in [-0.15, -0.1) is 10.2 Å². The molecule has 0 amide bonds. The molecule has 7 heteroatoms. The minimum atomic E-state index is 0.545. The van der Waals surface area contributed by atoms with Gasteiger partial charge in [-0.1, -0.05) is 25.7 Å². The third-order valence-corrected chi connectivity index (χ3v) is 6.36. The molecule has 0 radical (unpaired) electrons. The number of nitrogens with one attached hydrogen (secondary N) is 2. The molecule has 0 bridgehead atoms. The lowest BCUT2D eigenvalue weighted by atomic mass is 9.96. The van der Waals surface area contributed by atoms with E-state index < -0.39 is 0 Å². The van der Waals surface area contributed by atoms with Gasteiger partial charge in [0, 0.05) is 32.2 Å². The van der Waals surface area contributed by atoms with Gasteiger partial charge in [-0.25, -0.2) is 4.99 Å². The Hall–Kier alpha value is -1.63. The molecule has 3 rings (SSSR count). The van der Waals surface area contributed by atoms with Gasteiger partial charge in [0.25, 0.3) is 0 Å². The van der Waals surface area contributed by atoms with Crippen LogP contribution in [0.25, 0.3) is 0 Å². The monoisotopic (exact) mass is 389 g/mol. The Morgan fingerprint density at radius 3 is 2.61 bits per heavy atom. The van der Waals surface area contributed by atoms with Crippen LogP contribution in [-0.2, 0) is 13.6 Å². The van der Waals surface area contributed by atoms with Gasteiger partial charge in [0.2, 0.25) is 0 Å². The van der Waals surface area contributed by atoms with Crippen LogP contribution < -0.4 is 10.6 Å². The average Bonchev–Trinajstić information content (AvgIpc) is 3.03. The van der Waals surface area contributed by atoms with Gasteiger partial charge < -0.3 is 20.1 Å². The Morgan fingerprint density at radius 1 is 1.11 bits per heavy atom. The van der Waals surface area contributed by atoms with Crippen molar-refractivity contribution in [2.24, 2.45) is 12.0 Å². The normalized spacial score (nSPS) is 22.4. The van der Waals surface area contributed by atoms with Crippen molar-refractivity contribution in [3.05, 3.63) is 11.6 Å². The number of piperidine rings is 1. The third-order valence-electron chi connectivity index (χ3n) is 6.36. The standard InChI is InChI=1S/C21H39N7/c1-17-10-7-8-14-28(17)15-9-13-22-21(24-19-11-5-4-6-12-19)23-16-20-26-25-18(2)27(20)3/h17,19H,4-16H2,1-3H3,(H2,22,23,24). The lowest BCUT2D eigenvalue weighted by Crippen LogP contribution is -2.45. The summed E-state index contributed by atoms with van der Waals surface area (Å²) in [5.41, 5.74) is 0. The third kappa shape index (κ3) is 6.19. The number of aryl methyl sites for hydroxylation is 1. The number of rotatable bonds is 7. The van der Waals surface area contributed by atoms with Crippen LogP contribution in [0.1, 0.15) is 76.4 Å². The lowest BCUT2D eigenvalue weighted by Gasteiger charge is -2.33. The molecular formula is C21H39N7. The first-order valence-corrected chi connectivity index (χ1v) is 11.3. The molecule has 2 N–H and O–H groups in total. The van der Waals surface area contributed by atoms with Crippen molar-refractivity contribution in [2.75, 3.05) is 19.6 Å². The molecule has 1 aliphatic carbocycles. The Kier molecular flexibility index (Phi) is 8.13. The van der Waals surface area contributed by atoms with E-state index in [1.165, 1.54) is 64.5 Å². The number of hydrogen-bond acceptors (Lipinski definition) is 4. The van der Waals surface area contributed by atoms with Crippen molar-refractivity contribution >= 4 is 5.96 Å². The number of nitrogens with zero attached hydrogens (tertiary/aromatic N) is 5. The first kappa shape index (κ1) is 21.1. The maximum absolute atomic E-state index is 4.82. The van der Waals surface area contributed by atoms with E-state index in [4.69, 9.17) is 4.99 Å². The highest BCUT2D eigenvalue weighted by molar-refractivity contribution is 5.80. The highest BCUT2D eigenvalue weighted by atomic mass is 15.3. The average molecular weight is 390 g/mol. The second-order valence-electron chi connectivity index (χ2n) is 8.53. The minimum absolute atomic E-state index is 0.545. The second-order valence-corrected chi connectivity index (χ2v) is 8.53. The summed E-state index contributed by atoms with van der Waals surface area (Å²) in [7, 11) is 2.00. The maximum atomic E-state index is 4.82. The summed E-state index contributed by atoms with van der Waals surface area (Å²) in [4.78, 5) is 7.46. The van der Waals surface area contributed by atoms with Crippen molar-refractivity contribution < 1.29 is 0 Å². The van der Waals surface area contributed by atoms with Crippen LogP contribution in [0, 0.1) is 6.92 Å². The highest BCUT2D eigenvalue weighted by Crippen LogP contribution is 2.17. The minimum Gasteiger partial charge on any atom is -0.356 e. The van der Waals surface area contributed by atoms with E-state index in [0.717, 1.165) is 36.6 Å². The fourth-order valence-corrected chi connectivity index (χ4v) is 4.31. The Labute approximate surface area is 170 Å². The summed E-state index contributed by atoms with van der Waals surface area (Å²) in [6.07, 6.45) is 11.7. The molecular weight excluding hydrogens is 350 g/mol. The predicted octanol–water partition coefficient (Wildman–Crippen LogP) is 2.76. The molecule has 28 heavy (non-hydrogen) atoms. The quantitative estimate of drug-likeness (QED) is 0.426. The summed E-state index contributed by atoms with van der Waals surface area (Å²) in [5, 5.41) is 15.6. The zero-order chi connectivity index (χ0) is 19.8. The Balaban J connectivity index is 1.51. The van der Waals surface area contributed by atoms with Crippen molar-refractivity contribution in [2.45, 2.75) is 90.3 Å². The zero-order valence-corrected chi connectivity index (χ0v) is 18.1. The van der Waals surface area contributed by atoms with E-state index in [0.29, 0.717) is 12.6 Å². The van der Waals surface area contributed by atoms with Crippen LogP contribution >= 0.6 is 0 Å². The molecule has 2 aliphatic rings. The fraction of sp³-hybridized carbons (Fsp3) is 0.857. The molecule has 0 aromatic carbocycles. The van der Waals surface area contributed by atoms with Gasteiger partial charge in [-0.05, 0) is 52.5 Å². The van der Waals surface area contributed by atoms with Crippen LogP contribution in [0.5, 0.6) is 0 Å². The second kappa shape index (κ2) is 10.8. The first-order chi connectivity index (χ1) is 13.6. The van der Waals surface area contributed by atoms with E-state index in [9.17, 15) is 0 Å². The summed E-state index contributed by atoms with van der Waals surface area (Å²) in [6, 6.07) is 1.28. The molecule has 2 heterocycles. The number of aromatic nitrogens is 3. The van der Waals surface area contributed by atoms with Gasteiger partial charge in [0.1, 0.15) is 12.4 Å². The van der Waals surface area contributed by atoms with Gasteiger partial charge in [0.05, 0.1) is 0 Å². The van der Waals surface area contributed by atoms with Gasteiger partial charge in [0.15, 0.2) is 11.8 Å². The topological polar surface area (TPSA) is 70.4 Å². The molecule has 7 nitrogen and oxygen atoms in total. The predicted molar refractivity (Wildman–Crippen MR) is 114 cm³/mol. The smallest absolute Gasteiger partial charge is 0.191 e. The summed E-state index contributed by atoms with van der Waals surface area (Å²) >= 11 is 0. The fourth-order valence-electron chi connectivity index (χ4n) is 4.31. The zero-order valence-electron chi connectivity index (χ0n) is 18.1. The van der Waals surface area contributed by atoms with Crippen molar-refractivity contribution in [1.82, 2.24) is 30.3 Å². The Morgan fingerprint density at radius 2 is 1.89 bits per heavy atom. The molecule has 1 unspecified atom stereocenters. The molecule has 158 valence electrons. The van der Waals surface area contributed by atoms with Gasteiger partial charge in [-0.3, -0.25) is 0 Å².